The Kier molecular flexibility index (Phi) is 3.85. The second kappa shape index (κ2) is 5.77. The molecule has 3 nitrogen and oxygen atoms in total. The van der Waals surface area contributed by atoms with Gasteiger partial charge < -0.3 is 9.88 Å². The van der Waals surface area contributed by atoms with Gasteiger partial charge in [0.1, 0.15) is 0 Å². The number of fused-ring (bicyclic) bond motifs is 1. The highest BCUT2D eigenvalue weighted by molar-refractivity contribution is 7.17. The summed E-state index contributed by atoms with van der Waals surface area (Å²) in [7, 11) is 2.05. The van der Waals surface area contributed by atoms with E-state index < -0.39 is 0 Å². The zero-order chi connectivity index (χ0) is 13.9. The Hall–Kier alpha value is -1.65. The largest absolute Gasteiger partial charge is 0.336 e. The number of hydrogen-bond acceptors (Lipinski definition) is 3. The smallest absolute Gasteiger partial charge is 0.0946 e. The first-order valence-corrected chi connectivity index (χ1v) is 7.85. The van der Waals surface area contributed by atoms with Crippen molar-refractivity contribution in [3.63, 3.8) is 0 Å². The number of hydrogen-bond donors (Lipinski definition) is 1. The summed E-state index contributed by atoms with van der Waals surface area (Å²) in [6.45, 7) is 3.19. The van der Waals surface area contributed by atoms with Gasteiger partial charge in [-0.2, -0.15) is 0 Å². The molecule has 104 valence electrons. The van der Waals surface area contributed by atoms with Crippen LogP contribution >= 0.6 is 11.3 Å². The molecule has 0 aliphatic heterocycles. The van der Waals surface area contributed by atoms with E-state index >= 15 is 0 Å². The van der Waals surface area contributed by atoms with Crippen LogP contribution in [0.15, 0.2) is 42.2 Å². The van der Waals surface area contributed by atoms with Crippen LogP contribution in [0.1, 0.15) is 30.6 Å². The zero-order valence-corrected chi connectivity index (χ0v) is 12.7. The lowest BCUT2D eigenvalue weighted by atomic mass is 10.0. The Morgan fingerprint density at radius 3 is 3.00 bits per heavy atom. The van der Waals surface area contributed by atoms with Gasteiger partial charge in [-0.3, -0.25) is 0 Å². The minimum Gasteiger partial charge on any atom is -0.336 e. The van der Waals surface area contributed by atoms with Crippen LogP contribution in [-0.2, 0) is 7.05 Å². The summed E-state index contributed by atoms with van der Waals surface area (Å²) < 4.78 is 3.46. The van der Waals surface area contributed by atoms with Gasteiger partial charge in [-0.25, -0.2) is 4.98 Å². The Morgan fingerprint density at radius 2 is 2.25 bits per heavy atom. The molecular weight excluding hydrogens is 266 g/mol. The Labute approximate surface area is 123 Å². The van der Waals surface area contributed by atoms with Gasteiger partial charge in [-0.15, -0.1) is 11.3 Å². The number of rotatable bonds is 5. The fourth-order valence-corrected chi connectivity index (χ4v) is 3.50. The quantitative estimate of drug-likeness (QED) is 0.774. The van der Waals surface area contributed by atoms with E-state index in [1.165, 1.54) is 21.3 Å². The number of nitrogens with one attached hydrogen (secondary N) is 1. The van der Waals surface area contributed by atoms with Gasteiger partial charge >= 0.3 is 0 Å². The lowest BCUT2D eigenvalue weighted by Gasteiger charge is -2.20. The van der Waals surface area contributed by atoms with Crippen LogP contribution in [0.3, 0.4) is 0 Å². The van der Waals surface area contributed by atoms with Gasteiger partial charge in [0.25, 0.3) is 0 Å². The molecule has 0 aliphatic rings. The molecule has 0 saturated heterocycles. The summed E-state index contributed by atoms with van der Waals surface area (Å²) in [5.74, 6) is 0. The topological polar surface area (TPSA) is 29.9 Å². The Bertz CT molecular complexity index is 698. The van der Waals surface area contributed by atoms with Crippen LogP contribution in [0.25, 0.3) is 10.1 Å². The minimum absolute atomic E-state index is 0.199. The van der Waals surface area contributed by atoms with Gasteiger partial charge in [-0.1, -0.05) is 25.1 Å². The van der Waals surface area contributed by atoms with Gasteiger partial charge in [-0.05, 0) is 35.4 Å². The highest BCUT2D eigenvalue weighted by atomic mass is 32.1. The lowest BCUT2D eigenvalue weighted by molar-refractivity contribution is 0.573. The van der Waals surface area contributed by atoms with Crippen LogP contribution in [0.4, 0.5) is 0 Å². The molecule has 0 saturated carbocycles. The van der Waals surface area contributed by atoms with E-state index in [1.807, 2.05) is 23.9 Å². The number of aromatic nitrogens is 2. The molecule has 1 unspecified atom stereocenters. The van der Waals surface area contributed by atoms with E-state index in [4.69, 9.17) is 0 Å². The number of thiophene rings is 1. The van der Waals surface area contributed by atoms with Gasteiger partial charge in [0, 0.05) is 11.7 Å². The monoisotopic (exact) mass is 285 g/mol. The molecule has 4 heteroatoms. The molecule has 3 aromatic rings. The van der Waals surface area contributed by atoms with Crippen LogP contribution in [0.2, 0.25) is 0 Å². The predicted octanol–water partition coefficient (Wildman–Crippen LogP) is 3.72. The van der Waals surface area contributed by atoms with Gasteiger partial charge in [0.2, 0.25) is 0 Å². The third-order valence-corrected chi connectivity index (χ3v) is 4.55. The highest BCUT2D eigenvalue weighted by Crippen LogP contribution is 2.32. The molecule has 0 bridgehead atoms. The van der Waals surface area contributed by atoms with Crippen LogP contribution in [0.5, 0.6) is 0 Å². The molecule has 0 aliphatic carbocycles. The third-order valence-electron chi connectivity index (χ3n) is 3.57. The number of imidazole rings is 1. The fourth-order valence-electron chi connectivity index (χ4n) is 2.55. The summed E-state index contributed by atoms with van der Waals surface area (Å²) in [4.78, 5) is 4.27. The molecule has 20 heavy (non-hydrogen) atoms. The third kappa shape index (κ3) is 2.37. The fraction of sp³-hybridized carbons (Fsp3) is 0.312. The van der Waals surface area contributed by atoms with Crippen LogP contribution < -0.4 is 5.32 Å². The molecule has 2 aromatic heterocycles. The summed E-state index contributed by atoms with van der Waals surface area (Å²) in [5, 5.41) is 7.14. The summed E-state index contributed by atoms with van der Waals surface area (Å²) in [6, 6.07) is 8.92. The Balaban J connectivity index is 2.09. The van der Waals surface area contributed by atoms with Crippen molar-refractivity contribution < 1.29 is 0 Å². The van der Waals surface area contributed by atoms with E-state index in [2.05, 4.69) is 58.5 Å². The summed E-state index contributed by atoms with van der Waals surface area (Å²) >= 11 is 1.81. The van der Waals surface area contributed by atoms with Crippen molar-refractivity contribution in [1.29, 1.82) is 0 Å². The molecular formula is C16H19N3S. The van der Waals surface area contributed by atoms with E-state index in [1.54, 1.807) is 0 Å². The number of aryl methyl sites for hydroxylation is 1. The molecule has 1 N–H and O–H groups in total. The normalized spacial score (nSPS) is 12.9. The minimum atomic E-state index is 0.199. The first kappa shape index (κ1) is 13.3. The average Bonchev–Trinajstić information content (AvgIpc) is 3.09. The maximum atomic E-state index is 4.27. The molecule has 0 amide bonds. The van der Waals surface area contributed by atoms with Crippen molar-refractivity contribution in [3.8, 4) is 0 Å². The molecule has 1 atom stereocenters. The van der Waals surface area contributed by atoms with Crippen molar-refractivity contribution in [1.82, 2.24) is 14.9 Å². The van der Waals surface area contributed by atoms with E-state index in [9.17, 15) is 0 Å². The molecule has 0 spiro atoms. The first-order valence-electron chi connectivity index (χ1n) is 6.97. The summed E-state index contributed by atoms with van der Waals surface area (Å²) in [5.41, 5.74) is 2.55. The molecule has 0 radical (unpaired) electrons. The first-order chi connectivity index (χ1) is 9.81. The van der Waals surface area contributed by atoms with Crippen molar-refractivity contribution in [2.75, 3.05) is 6.54 Å². The second-order valence-electron chi connectivity index (χ2n) is 5.00. The standard InChI is InChI=1S/C16H19N3S/c1-3-8-18-15(14-10-17-11-19(14)2)13-6-4-5-12-7-9-20-16(12)13/h4-7,9-11,15,18H,3,8H2,1-2H3. The van der Waals surface area contributed by atoms with Crippen LogP contribution in [0, 0.1) is 0 Å². The van der Waals surface area contributed by atoms with Gasteiger partial charge in [0.15, 0.2) is 0 Å². The molecule has 3 rings (SSSR count). The predicted molar refractivity (Wildman–Crippen MR) is 85.2 cm³/mol. The molecule has 1 aromatic carbocycles. The molecule has 0 fully saturated rings. The summed E-state index contributed by atoms with van der Waals surface area (Å²) in [6.07, 6.45) is 4.94. The SMILES string of the molecule is CCCNC(c1cccc2ccsc12)c1cncn1C. The maximum absolute atomic E-state index is 4.27. The van der Waals surface area contributed by atoms with E-state index in [0.29, 0.717) is 0 Å². The van der Waals surface area contributed by atoms with Gasteiger partial charge in [0.05, 0.1) is 24.3 Å². The van der Waals surface area contributed by atoms with Crippen molar-refractivity contribution in [2.45, 2.75) is 19.4 Å². The molecule has 2 heterocycles. The zero-order valence-electron chi connectivity index (χ0n) is 11.8. The van der Waals surface area contributed by atoms with Crippen molar-refractivity contribution in [3.05, 3.63) is 53.4 Å². The highest BCUT2D eigenvalue weighted by Gasteiger charge is 2.19. The van der Waals surface area contributed by atoms with Crippen molar-refractivity contribution >= 4 is 21.4 Å². The Morgan fingerprint density at radius 1 is 1.35 bits per heavy atom. The van der Waals surface area contributed by atoms with E-state index in [-0.39, 0.29) is 6.04 Å². The van der Waals surface area contributed by atoms with E-state index in [0.717, 1.165) is 13.0 Å². The average molecular weight is 285 g/mol. The van der Waals surface area contributed by atoms with Crippen molar-refractivity contribution in [2.24, 2.45) is 7.05 Å². The number of nitrogens with zero attached hydrogens (tertiary/aromatic N) is 2. The lowest BCUT2D eigenvalue weighted by Crippen LogP contribution is -2.25. The second-order valence-corrected chi connectivity index (χ2v) is 5.92. The number of benzene rings is 1. The van der Waals surface area contributed by atoms with Crippen LogP contribution in [-0.4, -0.2) is 16.1 Å². The maximum Gasteiger partial charge on any atom is 0.0946 e.